The monoisotopic (exact) mass is 304 g/mol. The van der Waals surface area contributed by atoms with Gasteiger partial charge < -0.3 is 10.1 Å². The van der Waals surface area contributed by atoms with Gasteiger partial charge >= 0.3 is 6.09 Å². The minimum absolute atomic E-state index is 0.146. The van der Waals surface area contributed by atoms with Gasteiger partial charge in [-0.25, -0.2) is 4.79 Å². The number of alkyl carbamates (subject to hydrolysis) is 1. The number of piperidine rings is 1. The number of amides is 1. The average molecular weight is 304 g/mol. The molecule has 4 nitrogen and oxygen atoms in total. The van der Waals surface area contributed by atoms with Crippen molar-refractivity contribution >= 4 is 6.09 Å². The van der Waals surface area contributed by atoms with E-state index in [9.17, 15) is 4.79 Å². The Balaban J connectivity index is 1.89. The molecule has 22 heavy (non-hydrogen) atoms. The van der Waals surface area contributed by atoms with E-state index in [0.717, 1.165) is 26.1 Å². The summed E-state index contributed by atoms with van der Waals surface area (Å²) in [5.41, 5.74) is 0.860. The molecule has 0 spiro atoms. The maximum absolute atomic E-state index is 12.0. The third-order valence-electron chi connectivity index (χ3n) is 3.99. The van der Waals surface area contributed by atoms with Gasteiger partial charge in [0.15, 0.2) is 0 Å². The van der Waals surface area contributed by atoms with Crippen molar-refractivity contribution in [2.75, 3.05) is 13.1 Å². The summed E-state index contributed by atoms with van der Waals surface area (Å²) >= 11 is 0. The zero-order valence-electron chi connectivity index (χ0n) is 14.1. The highest BCUT2D eigenvalue weighted by molar-refractivity contribution is 5.68. The molecule has 2 rings (SSSR count). The molecule has 122 valence electrons. The first kappa shape index (κ1) is 16.8. The number of carbonyl (C=O) groups excluding carboxylic acids is 1. The number of hydrogen-bond acceptors (Lipinski definition) is 3. The Morgan fingerprint density at radius 2 is 2.00 bits per heavy atom. The topological polar surface area (TPSA) is 41.6 Å². The van der Waals surface area contributed by atoms with Crippen LogP contribution in [0.4, 0.5) is 4.79 Å². The maximum atomic E-state index is 12.0. The van der Waals surface area contributed by atoms with Gasteiger partial charge in [-0.3, -0.25) is 4.90 Å². The fraction of sp³-hybridized carbons (Fsp3) is 0.611. The zero-order chi connectivity index (χ0) is 16.2. The minimum atomic E-state index is -0.453. The fourth-order valence-corrected chi connectivity index (χ4v) is 2.77. The molecular weight excluding hydrogens is 276 g/mol. The van der Waals surface area contributed by atoms with E-state index in [4.69, 9.17) is 4.74 Å². The lowest BCUT2D eigenvalue weighted by molar-refractivity contribution is 0.0433. The molecule has 0 aliphatic carbocycles. The van der Waals surface area contributed by atoms with Crippen molar-refractivity contribution in [2.24, 2.45) is 5.92 Å². The van der Waals surface area contributed by atoms with Crippen LogP contribution in [0.2, 0.25) is 0 Å². The first-order valence-corrected chi connectivity index (χ1v) is 8.09. The Kier molecular flexibility index (Phi) is 5.46. The molecule has 1 heterocycles. The number of benzene rings is 1. The Hall–Kier alpha value is -1.55. The van der Waals surface area contributed by atoms with Crippen molar-refractivity contribution in [3.63, 3.8) is 0 Å². The number of likely N-dealkylation sites (tertiary alicyclic amines) is 1. The van der Waals surface area contributed by atoms with Crippen LogP contribution in [0.1, 0.15) is 39.7 Å². The van der Waals surface area contributed by atoms with Crippen LogP contribution in [0.3, 0.4) is 0 Å². The number of nitrogens with one attached hydrogen (secondary N) is 1. The van der Waals surface area contributed by atoms with E-state index in [1.165, 1.54) is 5.56 Å². The van der Waals surface area contributed by atoms with Gasteiger partial charge in [0, 0.05) is 19.1 Å². The first-order chi connectivity index (χ1) is 10.3. The van der Waals surface area contributed by atoms with Gasteiger partial charge in [0.25, 0.3) is 0 Å². The van der Waals surface area contributed by atoms with Gasteiger partial charge in [0.05, 0.1) is 0 Å². The molecule has 0 aromatic heterocycles. The van der Waals surface area contributed by atoms with Gasteiger partial charge in [-0.1, -0.05) is 37.3 Å². The van der Waals surface area contributed by atoms with E-state index >= 15 is 0 Å². The predicted octanol–water partition coefficient (Wildman–Crippen LogP) is 3.42. The molecule has 1 fully saturated rings. The summed E-state index contributed by atoms with van der Waals surface area (Å²) in [5, 5.41) is 3.04. The van der Waals surface area contributed by atoms with Crippen LogP contribution in [0.15, 0.2) is 30.3 Å². The van der Waals surface area contributed by atoms with E-state index in [2.05, 4.69) is 41.4 Å². The summed E-state index contributed by atoms with van der Waals surface area (Å²) < 4.78 is 5.37. The lowest BCUT2D eigenvalue weighted by Crippen LogP contribution is -2.52. The molecule has 0 radical (unpaired) electrons. The number of carbonyl (C=O) groups is 1. The molecule has 1 amide bonds. The Bertz CT molecular complexity index is 482. The Morgan fingerprint density at radius 3 is 2.64 bits per heavy atom. The van der Waals surface area contributed by atoms with Crippen LogP contribution in [-0.2, 0) is 11.3 Å². The molecule has 1 aliphatic rings. The first-order valence-electron chi connectivity index (χ1n) is 8.09. The van der Waals surface area contributed by atoms with Crippen molar-refractivity contribution in [3.8, 4) is 0 Å². The molecule has 1 aliphatic heterocycles. The van der Waals surface area contributed by atoms with Crippen molar-refractivity contribution in [1.29, 1.82) is 0 Å². The molecule has 1 saturated heterocycles. The Labute approximate surface area is 133 Å². The van der Waals surface area contributed by atoms with E-state index in [0.29, 0.717) is 5.92 Å². The van der Waals surface area contributed by atoms with Gasteiger partial charge in [0.1, 0.15) is 5.60 Å². The smallest absolute Gasteiger partial charge is 0.407 e. The lowest BCUT2D eigenvalue weighted by atomic mass is 9.93. The molecule has 1 aromatic rings. The second-order valence-corrected chi connectivity index (χ2v) is 7.24. The second-order valence-electron chi connectivity index (χ2n) is 7.24. The van der Waals surface area contributed by atoms with Crippen LogP contribution in [0.5, 0.6) is 0 Å². The highest BCUT2D eigenvalue weighted by Crippen LogP contribution is 2.19. The highest BCUT2D eigenvalue weighted by Gasteiger charge is 2.29. The van der Waals surface area contributed by atoms with Crippen molar-refractivity contribution in [2.45, 2.75) is 52.3 Å². The van der Waals surface area contributed by atoms with Crippen LogP contribution in [0.25, 0.3) is 0 Å². The van der Waals surface area contributed by atoms with Crippen LogP contribution < -0.4 is 5.32 Å². The number of nitrogens with zero attached hydrogens (tertiary/aromatic N) is 1. The molecule has 4 heteroatoms. The highest BCUT2D eigenvalue weighted by atomic mass is 16.6. The van der Waals surface area contributed by atoms with Gasteiger partial charge in [0.2, 0.25) is 0 Å². The molecule has 0 saturated carbocycles. The van der Waals surface area contributed by atoms with Crippen LogP contribution in [0, 0.1) is 5.92 Å². The summed E-state index contributed by atoms with van der Waals surface area (Å²) in [6.45, 7) is 10.7. The molecule has 0 bridgehead atoms. The number of rotatable bonds is 3. The summed E-state index contributed by atoms with van der Waals surface area (Å²) in [6.07, 6.45) is 0.777. The van der Waals surface area contributed by atoms with Gasteiger partial charge in [-0.15, -0.1) is 0 Å². The molecule has 0 unspecified atom stereocenters. The number of ether oxygens (including phenoxy) is 1. The third-order valence-corrected chi connectivity index (χ3v) is 3.99. The fourth-order valence-electron chi connectivity index (χ4n) is 2.77. The second kappa shape index (κ2) is 7.14. The van der Waals surface area contributed by atoms with Gasteiger partial charge in [-0.05, 0) is 45.2 Å². The maximum Gasteiger partial charge on any atom is 0.407 e. The number of hydrogen-bond donors (Lipinski definition) is 1. The molecular formula is C18H28N2O2. The summed E-state index contributed by atoms with van der Waals surface area (Å²) in [6, 6.07) is 10.6. The van der Waals surface area contributed by atoms with Crippen molar-refractivity contribution < 1.29 is 9.53 Å². The Morgan fingerprint density at radius 1 is 1.32 bits per heavy atom. The molecule has 1 aromatic carbocycles. The summed E-state index contributed by atoms with van der Waals surface area (Å²) in [4.78, 5) is 14.4. The van der Waals surface area contributed by atoms with Crippen molar-refractivity contribution in [3.05, 3.63) is 35.9 Å². The SMILES string of the molecule is C[C@H]1CCN(Cc2ccccc2)C[C@@H]1NC(=O)OC(C)(C)C. The predicted molar refractivity (Wildman–Crippen MR) is 88.7 cm³/mol. The van der Waals surface area contributed by atoms with Gasteiger partial charge in [-0.2, -0.15) is 0 Å². The summed E-state index contributed by atoms with van der Waals surface area (Å²) in [7, 11) is 0. The zero-order valence-corrected chi connectivity index (χ0v) is 14.1. The van der Waals surface area contributed by atoms with E-state index < -0.39 is 5.60 Å². The normalized spacial score (nSPS) is 23.1. The average Bonchev–Trinajstić information content (AvgIpc) is 2.41. The van der Waals surface area contributed by atoms with E-state index in [-0.39, 0.29) is 12.1 Å². The summed E-state index contributed by atoms with van der Waals surface area (Å²) in [5.74, 6) is 0.472. The largest absolute Gasteiger partial charge is 0.444 e. The van der Waals surface area contributed by atoms with E-state index in [1.807, 2.05) is 26.8 Å². The van der Waals surface area contributed by atoms with Crippen LogP contribution in [-0.4, -0.2) is 35.7 Å². The van der Waals surface area contributed by atoms with E-state index in [1.54, 1.807) is 0 Å². The minimum Gasteiger partial charge on any atom is -0.444 e. The molecule has 2 atom stereocenters. The lowest BCUT2D eigenvalue weighted by Gasteiger charge is -2.37. The molecule has 1 N–H and O–H groups in total. The standard InChI is InChI=1S/C18H28N2O2/c1-14-10-11-20(12-15-8-6-5-7-9-15)13-16(14)19-17(21)22-18(2,3)4/h5-9,14,16H,10-13H2,1-4H3,(H,19,21)/t14-,16-/m0/s1. The third kappa shape index (κ3) is 5.34. The van der Waals surface area contributed by atoms with Crippen molar-refractivity contribution in [1.82, 2.24) is 10.2 Å². The quantitative estimate of drug-likeness (QED) is 0.930. The van der Waals surface area contributed by atoms with Crippen LogP contribution >= 0.6 is 0 Å².